The number of nitrogens with two attached hydrogens (primary N) is 1. The monoisotopic (exact) mass is 321 g/mol. The highest BCUT2D eigenvalue weighted by Gasteiger charge is 2.28. The van der Waals surface area contributed by atoms with E-state index in [1.165, 1.54) is 0 Å². The second-order valence-electron chi connectivity index (χ2n) is 3.76. The highest BCUT2D eigenvalue weighted by molar-refractivity contribution is 7.89. The van der Waals surface area contributed by atoms with Gasteiger partial charge in [-0.15, -0.1) is 0 Å². The molecule has 0 spiro atoms. The summed E-state index contributed by atoms with van der Waals surface area (Å²) in [6.45, 7) is -0.823. The van der Waals surface area contributed by atoms with Gasteiger partial charge in [-0.3, -0.25) is 14.9 Å². The molecule has 0 radical (unpaired) electrons. The first-order chi connectivity index (χ1) is 9.75. The van der Waals surface area contributed by atoms with E-state index in [4.69, 9.17) is 10.5 Å². The quantitative estimate of drug-likeness (QED) is 0.376. The number of nitrogens with zero attached hydrogens (tertiary/aromatic N) is 1. The van der Waals surface area contributed by atoms with Crippen LogP contribution in [0.3, 0.4) is 0 Å². The number of carbonyl (C=O) groups excluding carboxylic acids is 1. The molecule has 1 rings (SSSR count). The number of amides is 1. The molecule has 0 bridgehead atoms. The Labute approximate surface area is 119 Å². The molecule has 0 saturated carbocycles. The summed E-state index contributed by atoms with van der Waals surface area (Å²) in [6.07, 6.45) is 0. The topological polar surface area (TPSA) is 142 Å². The van der Waals surface area contributed by atoms with Crippen LogP contribution in [0.25, 0.3) is 0 Å². The number of nitrogens with one attached hydrogen (secondary N) is 1. The molecule has 0 aliphatic heterocycles. The highest BCUT2D eigenvalue weighted by Crippen LogP contribution is 2.26. The molecule has 0 aromatic heterocycles. The maximum atomic E-state index is 13.4. The highest BCUT2D eigenvalue weighted by atomic mass is 32.2. The fourth-order valence-corrected chi connectivity index (χ4v) is 2.58. The van der Waals surface area contributed by atoms with E-state index in [-0.39, 0.29) is 19.8 Å². The molecular formula is C10H12FN3O6S. The summed E-state index contributed by atoms with van der Waals surface area (Å²) in [5, 5.41) is 10.7. The van der Waals surface area contributed by atoms with Crippen LogP contribution in [-0.2, 0) is 19.6 Å². The number of nitro benzene ring substituents is 1. The SMILES string of the molecule is NC(=O)COCCNS(=O)(=O)c1cccc(F)c1[N+](=O)[O-]. The van der Waals surface area contributed by atoms with Gasteiger partial charge in [-0.1, -0.05) is 6.07 Å². The average molecular weight is 321 g/mol. The van der Waals surface area contributed by atoms with Crippen molar-refractivity contribution in [2.75, 3.05) is 19.8 Å². The van der Waals surface area contributed by atoms with Gasteiger partial charge in [0.1, 0.15) is 6.61 Å². The van der Waals surface area contributed by atoms with Gasteiger partial charge in [-0.05, 0) is 12.1 Å². The number of halogens is 1. The van der Waals surface area contributed by atoms with Crippen molar-refractivity contribution in [3.63, 3.8) is 0 Å². The maximum Gasteiger partial charge on any atom is 0.324 e. The first kappa shape index (κ1) is 16.9. The van der Waals surface area contributed by atoms with Crippen LogP contribution in [0.1, 0.15) is 0 Å². The molecule has 0 aliphatic carbocycles. The fourth-order valence-electron chi connectivity index (χ4n) is 1.39. The molecule has 116 valence electrons. The van der Waals surface area contributed by atoms with Crippen LogP contribution in [0.5, 0.6) is 0 Å². The zero-order valence-electron chi connectivity index (χ0n) is 10.6. The lowest BCUT2D eigenvalue weighted by molar-refractivity contribution is -0.390. The lowest BCUT2D eigenvalue weighted by atomic mass is 10.3. The Morgan fingerprint density at radius 2 is 2.14 bits per heavy atom. The molecule has 0 atom stereocenters. The van der Waals surface area contributed by atoms with Gasteiger partial charge >= 0.3 is 5.69 Å². The number of ether oxygens (including phenoxy) is 1. The van der Waals surface area contributed by atoms with Crippen LogP contribution < -0.4 is 10.5 Å². The van der Waals surface area contributed by atoms with Crippen LogP contribution in [0, 0.1) is 15.9 Å². The van der Waals surface area contributed by atoms with Crippen molar-refractivity contribution in [3.8, 4) is 0 Å². The van der Waals surface area contributed by atoms with Crippen LogP contribution in [0.2, 0.25) is 0 Å². The molecule has 21 heavy (non-hydrogen) atoms. The van der Waals surface area contributed by atoms with Gasteiger partial charge < -0.3 is 10.5 Å². The van der Waals surface area contributed by atoms with Crippen LogP contribution in [0.4, 0.5) is 10.1 Å². The van der Waals surface area contributed by atoms with Crippen LogP contribution in [0.15, 0.2) is 23.1 Å². The second-order valence-corrected chi connectivity index (χ2v) is 5.50. The van der Waals surface area contributed by atoms with Gasteiger partial charge in [0.15, 0.2) is 4.90 Å². The number of rotatable bonds is 8. The number of hydrogen-bond donors (Lipinski definition) is 2. The predicted molar refractivity (Wildman–Crippen MR) is 68.3 cm³/mol. The van der Waals surface area contributed by atoms with E-state index in [0.29, 0.717) is 0 Å². The van der Waals surface area contributed by atoms with E-state index in [1.807, 2.05) is 4.72 Å². The maximum absolute atomic E-state index is 13.4. The van der Waals surface area contributed by atoms with Crippen LogP contribution >= 0.6 is 0 Å². The molecular weight excluding hydrogens is 309 g/mol. The summed E-state index contributed by atoms with van der Waals surface area (Å²) in [6, 6.07) is 2.74. The van der Waals surface area contributed by atoms with Crippen LogP contribution in [-0.4, -0.2) is 39.0 Å². The van der Waals surface area contributed by atoms with E-state index in [1.54, 1.807) is 0 Å². The third-order valence-corrected chi connectivity index (χ3v) is 3.70. The first-order valence-electron chi connectivity index (χ1n) is 5.54. The molecule has 0 aliphatic rings. The minimum atomic E-state index is -4.29. The number of sulfonamides is 1. The van der Waals surface area contributed by atoms with Crippen molar-refractivity contribution >= 4 is 21.6 Å². The van der Waals surface area contributed by atoms with E-state index in [9.17, 15) is 27.7 Å². The Balaban J connectivity index is 2.82. The number of hydrogen-bond acceptors (Lipinski definition) is 6. The largest absolute Gasteiger partial charge is 0.370 e. The minimum absolute atomic E-state index is 0.175. The molecule has 9 nitrogen and oxygen atoms in total. The number of carbonyl (C=O) groups is 1. The third kappa shape index (κ3) is 4.73. The standard InChI is InChI=1S/C10H12FN3O6S/c11-7-2-1-3-8(10(7)14(16)17)21(18,19)13-4-5-20-6-9(12)15/h1-3,13H,4-6H2,(H2,12,15). The van der Waals surface area contributed by atoms with Gasteiger partial charge in [0, 0.05) is 6.54 Å². The normalized spacial score (nSPS) is 11.3. The number of benzene rings is 1. The number of para-hydroxylation sites is 1. The Kier molecular flexibility index (Phi) is 5.69. The fraction of sp³-hybridized carbons (Fsp3) is 0.300. The third-order valence-electron chi connectivity index (χ3n) is 2.20. The van der Waals surface area contributed by atoms with E-state index >= 15 is 0 Å². The Morgan fingerprint density at radius 1 is 1.48 bits per heavy atom. The lowest BCUT2D eigenvalue weighted by Crippen LogP contribution is -2.29. The molecule has 0 heterocycles. The summed E-state index contributed by atoms with van der Waals surface area (Å²) in [7, 11) is -4.29. The number of nitro groups is 1. The van der Waals surface area contributed by atoms with Gasteiger partial charge in [0.2, 0.25) is 21.7 Å². The van der Waals surface area contributed by atoms with Gasteiger partial charge in [-0.2, -0.15) is 4.39 Å². The van der Waals surface area contributed by atoms with E-state index in [2.05, 4.69) is 0 Å². The minimum Gasteiger partial charge on any atom is -0.370 e. The van der Waals surface area contributed by atoms with Gasteiger partial charge in [0.05, 0.1) is 11.5 Å². The summed E-state index contributed by atoms with van der Waals surface area (Å²) in [4.78, 5) is 19.2. The van der Waals surface area contributed by atoms with Crippen molar-refractivity contribution < 1.29 is 27.3 Å². The predicted octanol–water partition coefficient (Wildman–Crippen LogP) is -0.486. The second kappa shape index (κ2) is 7.06. The van der Waals surface area contributed by atoms with E-state index < -0.39 is 37.3 Å². The zero-order chi connectivity index (χ0) is 16.0. The molecule has 0 saturated heterocycles. The zero-order valence-corrected chi connectivity index (χ0v) is 11.4. The lowest BCUT2D eigenvalue weighted by Gasteiger charge is -2.07. The summed E-state index contributed by atoms with van der Waals surface area (Å²) in [5.41, 5.74) is 3.67. The molecule has 1 aromatic rings. The van der Waals surface area contributed by atoms with E-state index in [0.717, 1.165) is 18.2 Å². The van der Waals surface area contributed by atoms with Gasteiger partial charge in [0.25, 0.3) is 0 Å². The molecule has 1 aromatic carbocycles. The number of primary amides is 1. The molecule has 3 N–H and O–H groups in total. The van der Waals surface area contributed by atoms with Crippen molar-refractivity contribution in [1.29, 1.82) is 0 Å². The average Bonchev–Trinajstić information content (AvgIpc) is 2.37. The molecule has 0 fully saturated rings. The van der Waals surface area contributed by atoms with Crippen molar-refractivity contribution in [1.82, 2.24) is 4.72 Å². The first-order valence-corrected chi connectivity index (χ1v) is 7.02. The molecule has 11 heteroatoms. The Hall–Kier alpha value is -2.11. The summed E-state index contributed by atoms with van der Waals surface area (Å²) >= 11 is 0. The van der Waals surface area contributed by atoms with Crippen molar-refractivity contribution in [3.05, 3.63) is 34.1 Å². The molecule has 0 unspecified atom stereocenters. The Morgan fingerprint density at radius 3 is 2.71 bits per heavy atom. The van der Waals surface area contributed by atoms with Crippen molar-refractivity contribution in [2.45, 2.75) is 4.90 Å². The summed E-state index contributed by atoms with van der Waals surface area (Å²) < 4.78 is 43.8. The smallest absolute Gasteiger partial charge is 0.324 e. The van der Waals surface area contributed by atoms with Gasteiger partial charge in [-0.25, -0.2) is 13.1 Å². The van der Waals surface area contributed by atoms with Crippen molar-refractivity contribution in [2.24, 2.45) is 5.73 Å². The molecule has 1 amide bonds. The summed E-state index contributed by atoms with van der Waals surface area (Å²) in [5.74, 6) is -1.98. The Bertz CT molecular complexity index is 648.